The highest BCUT2D eigenvalue weighted by molar-refractivity contribution is 7.09. The van der Waals surface area contributed by atoms with E-state index < -0.39 is 4.92 Å². The van der Waals surface area contributed by atoms with Gasteiger partial charge in [-0.05, 0) is 13.0 Å². The van der Waals surface area contributed by atoms with Gasteiger partial charge in [-0.25, -0.2) is 4.98 Å². The third-order valence-electron chi connectivity index (χ3n) is 2.92. The molecule has 0 saturated heterocycles. The Kier molecular flexibility index (Phi) is 3.53. The highest BCUT2D eigenvalue weighted by Gasteiger charge is 2.17. The average Bonchev–Trinajstić information content (AvgIpc) is 3.04. The number of fused-ring (bicyclic) bond motifs is 1. The predicted molar refractivity (Wildman–Crippen MR) is 79.7 cm³/mol. The third kappa shape index (κ3) is 2.84. The number of anilines is 1. The van der Waals surface area contributed by atoms with Crippen molar-refractivity contribution in [3.8, 4) is 0 Å². The van der Waals surface area contributed by atoms with E-state index in [1.807, 2.05) is 12.3 Å². The van der Waals surface area contributed by atoms with Crippen LogP contribution in [0, 0.1) is 17.0 Å². The van der Waals surface area contributed by atoms with Crippen LogP contribution in [0.3, 0.4) is 0 Å². The Bertz CT molecular complexity index is 796. The number of benzene rings is 1. The van der Waals surface area contributed by atoms with E-state index in [1.165, 1.54) is 6.07 Å². The molecule has 3 rings (SSSR count). The van der Waals surface area contributed by atoms with Gasteiger partial charge in [-0.2, -0.15) is 4.98 Å². The molecule has 0 aliphatic rings. The maximum atomic E-state index is 10.9. The number of aryl methyl sites for hydroxylation is 1. The molecule has 0 radical (unpaired) electrons. The van der Waals surface area contributed by atoms with Crippen molar-refractivity contribution < 1.29 is 9.34 Å². The molecule has 0 aliphatic heterocycles. The smallest absolute Gasteiger partial charge is 0.298 e. The van der Waals surface area contributed by atoms with Crippen LogP contribution in [-0.4, -0.2) is 21.4 Å². The summed E-state index contributed by atoms with van der Waals surface area (Å²) in [6, 6.07) is 4.93. The molecule has 0 atom stereocenters. The molecule has 108 valence electrons. The molecule has 0 spiro atoms. The molecule has 7 nitrogen and oxygen atoms in total. The molecule has 2 aromatic heterocycles. The molecule has 8 heteroatoms. The van der Waals surface area contributed by atoms with Gasteiger partial charge in [0.2, 0.25) is 0 Å². The van der Waals surface area contributed by atoms with Crippen molar-refractivity contribution in [1.82, 2.24) is 9.97 Å². The first kappa shape index (κ1) is 13.5. The Morgan fingerprint density at radius 2 is 2.29 bits per heavy atom. The lowest BCUT2D eigenvalue weighted by molar-refractivity contribution is -0.383. The molecule has 1 aromatic carbocycles. The maximum absolute atomic E-state index is 10.9. The molecule has 3 aromatic rings. The first-order valence-corrected chi connectivity index (χ1v) is 7.20. The number of thiazole rings is 1. The molecular formula is C13H12N4O3S. The van der Waals surface area contributed by atoms with Gasteiger partial charge in [0.05, 0.1) is 15.6 Å². The zero-order valence-corrected chi connectivity index (χ0v) is 12.0. The van der Waals surface area contributed by atoms with Gasteiger partial charge in [-0.15, -0.1) is 11.3 Å². The lowest BCUT2D eigenvalue weighted by atomic mass is 10.3. The van der Waals surface area contributed by atoms with E-state index in [1.54, 1.807) is 23.5 Å². The summed E-state index contributed by atoms with van der Waals surface area (Å²) in [5.74, 6) is 0. The van der Waals surface area contributed by atoms with Gasteiger partial charge in [-0.3, -0.25) is 10.1 Å². The molecule has 0 fully saturated rings. The fraction of sp³-hybridized carbons (Fsp3) is 0.231. The second-order valence-electron chi connectivity index (χ2n) is 4.43. The summed E-state index contributed by atoms with van der Waals surface area (Å²) in [7, 11) is 0. The lowest BCUT2D eigenvalue weighted by Gasteiger charge is -1.98. The maximum Gasteiger partial charge on any atom is 0.298 e. The van der Waals surface area contributed by atoms with Crippen LogP contribution in [0.4, 0.5) is 11.7 Å². The van der Waals surface area contributed by atoms with Crippen molar-refractivity contribution in [2.45, 2.75) is 13.3 Å². The van der Waals surface area contributed by atoms with Crippen molar-refractivity contribution in [3.63, 3.8) is 0 Å². The Morgan fingerprint density at radius 1 is 1.43 bits per heavy atom. The van der Waals surface area contributed by atoms with Gasteiger partial charge in [0.25, 0.3) is 11.7 Å². The zero-order chi connectivity index (χ0) is 14.8. The number of nitrogens with one attached hydrogen (secondary N) is 1. The fourth-order valence-electron chi connectivity index (χ4n) is 1.98. The van der Waals surface area contributed by atoms with Gasteiger partial charge >= 0.3 is 0 Å². The molecular weight excluding hydrogens is 292 g/mol. The molecule has 0 unspecified atom stereocenters. The van der Waals surface area contributed by atoms with Gasteiger partial charge in [0, 0.05) is 24.4 Å². The van der Waals surface area contributed by atoms with Crippen molar-refractivity contribution >= 4 is 34.1 Å². The minimum Gasteiger partial charge on any atom is -0.423 e. The monoisotopic (exact) mass is 304 g/mol. The second-order valence-corrected chi connectivity index (χ2v) is 5.50. The molecule has 0 bridgehead atoms. The number of para-hydroxylation sites is 1. The molecule has 21 heavy (non-hydrogen) atoms. The quantitative estimate of drug-likeness (QED) is 0.574. The third-order valence-corrected chi connectivity index (χ3v) is 3.74. The van der Waals surface area contributed by atoms with E-state index in [0.717, 1.165) is 17.1 Å². The van der Waals surface area contributed by atoms with Crippen LogP contribution in [0.25, 0.3) is 11.1 Å². The lowest BCUT2D eigenvalue weighted by Crippen LogP contribution is -2.05. The van der Waals surface area contributed by atoms with Crippen LogP contribution in [-0.2, 0) is 6.42 Å². The Balaban J connectivity index is 1.73. The van der Waals surface area contributed by atoms with E-state index in [2.05, 4.69) is 15.3 Å². The number of non-ortho nitro benzene ring substituents is 1. The summed E-state index contributed by atoms with van der Waals surface area (Å²) < 4.78 is 5.46. The Labute approximate surface area is 123 Å². The summed E-state index contributed by atoms with van der Waals surface area (Å²) in [5.41, 5.74) is 1.61. The predicted octanol–water partition coefficient (Wildman–Crippen LogP) is 3.16. The van der Waals surface area contributed by atoms with Crippen molar-refractivity contribution in [2.75, 3.05) is 11.9 Å². The molecule has 1 N–H and O–H groups in total. The number of nitro groups is 1. The van der Waals surface area contributed by atoms with E-state index in [-0.39, 0.29) is 17.2 Å². The normalized spacial score (nSPS) is 10.9. The number of nitrogens with zero attached hydrogens (tertiary/aromatic N) is 3. The number of oxazole rings is 1. The number of aromatic nitrogens is 2. The molecule has 0 saturated carbocycles. The minimum absolute atomic E-state index is 0.0561. The summed E-state index contributed by atoms with van der Waals surface area (Å²) >= 11 is 1.61. The van der Waals surface area contributed by atoms with Crippen LogP contribution in [0.5, 0.6) is 0 Å². The summed E-state index contributed by atoms with van der Waals surface area (Å²) in [5, 5.41) is 17.0. The second kappa shape index (κ2) is 5.49. The largest absolute Gasteiger partial charge is 0.423 e. The van der Waals surface area contributed by atoms with Crippen molar-refractivity contribution in [3.05, 3.63) is 44.4 Å². The molecule has 0 aliphatic carbocycles. The topological polar surface area (TPSA) is 94.1 Å². The van der Waals surface area contributed by atoms with Gasteiger partial charge in [0.1, 0.15) is 0 Å². The SMILES string of the molecule is Cc1nc(CCNc2nc3c([N+](=O)[O-])cccc3o2)cs1. The highest BCUT2D eigenvalue weighted by atomic mass is 32.1. The standard InChI is InChI=1S/C13H12N4O3S/c1-8-15-9(7-21-8)5-6-14-13-16-12-10(17(18)19)3-2-4-11(12)20-13/h2-4,7H,5-6H2,1H3,(H,14,16). The molecule has 0 amide bonds. The van der Waals surface area contributed by atoms with Gasteiger partial charge in [-0.1, -0.05) is 6.07 Å². The van der Waals surface area contributed by atoms with Gasteiger partial charge < -0.3 is 9.73 Å². The first-order chi connectivity index (χ1) is 10.1. The first-order valence-electron chi connectivity index (χ1n) is 6.32. The number of hydrogen-bond acceptors (Lipinski definition) is 7. The van der Waals surface area contributed by atoms with E-state index in [4.69, 9.17) is 4.42 Å². The van der Waals surface area contributed by atoms with Crippen molar-refractivity contribution in [2.24, 2.45) is 0 Å². The van der Waals surface area contributed by atoms with Crippen LogP contribution >= 0.6 is 11.3 Å². The number of nitro benzene ring substituents is 1. The van der Waals surface area contributed by atoms with E-state index in [9.17, 15) is 10.1 Å². The van der Waals surface area contributed by atoms with E-state index in [0.29, 0.717) is 12.1 Å². The van der Waals surface area contributed by atoms with Crippen LogP contribution in [0.1, 0.15) is 10.7 Å². The van der Waals surface area contributed by atoms with Crippen LogP contribution in [0.15, 0.2) is 28.0 Å². The summed E-state index contributed by atoms with van der Waals surface area (Å²) in [6.45, 7) is 2.56. The number of rotatable bonds is 5. The zero-order valence-electron chi connectivity index (χ0n) is 11.2. The Hall–Kier alpha value is -2.48. The van der Waals surface area contributed by atoms with Crippen molar-refractivity contribution in [1.29, 1.82) is 0 Å². The summed E-state index contributed by atoms with van der Waals surface area (Å²) in [6.07, 6.45) is 0.741. The van der Waals surface area contributed by atoms with E-state index >= 15 is 0 Å². The highest BCUT2D eigenvalue weighted by Crippen LogP contribution is 2.27. The van der Waals surface area contributed by atoms with Crippen LogP contribution in [0.2, 0.25) is 0 Å². The Morgan fingerprint density at radius 3 is 3.00 bits per heavy atom. The molecule has 2 heterocycles. The fourth-order valence-corrected chi connectivity index (χ4v) is 2.62. The number of hydrogen-bond donors (Lipinski definition) is 1. The minimum atomic E-state index is -0.466. The van der Waals surface area contributed by atoms with Crippen LogP contribution < -0.4 is 5.32 Å². The van der Waals surface area contributed by atoms with Gasteiger partial charge in [0.15, 0.2) is 11.1 Å². The summed E-state index contributed by atoms with van der Waals surface area (Å²) in [4.78, 5) is 18.9. The average molecular weight is 304 g/mol.